The first-order chi connectivity index (χ1) is 15.9. The number of nitrogens with zero attached hydrogens (tertiary/aromatic N) is 2. The summed E-state index contributed by atoms with van der Waals surface area (Å²) in [6.07, 6.45) is 2.55. The van der Waals surface area contributed by atoms with Gasteiger partial charge in [0.05, 0.1) is 24.9 Å². The highest BCUT2D eigenvalue weighted by molar-refractivity contribution is 5.95. The van der Waals surface area contributed by atoms with Crippen molar-refractivity contribution in [1.29, 1.82) is 0 Å². The zero-order valence-corrected chi connectivity index (χ0v) is 19.3. The zero-order valence-electron chi connectivity index (χ0n) is 19.3. The van der Waals surface area contributed by atoms with Crippen molar-refractivity contribution in [1.82, 2.24) is 10.2 Å². The number of para-hydroxylation sites is 1. The van der Waals surface area contributed by atoms with E-state index in [9.17, 15) is 9.59 Å². The van der Waals surface area contributed by atoms with Gasteiger partial charge in [0.1, 0.15) is 5.76 Å². The van der Waals surface area contributed by atoms with Crippen LogP contribution in [0, 0.1) is 0 Å². The van der Waals surface area contributed by atoms with E-state index in [1.165, 1.54) is 11.3 Å². The molecule has 2 N–H and O–H groups in total. The minimum atomic E-state index is -0.180. The number of likely N-dealkylation sites (N-methyl/N-ethyl adjacent to an activating group) is 1. The molecule has 0 radical (unpaired) electrons. The standard InChI is InChI=1S/C26H30N4O3/c1-18-13-20-8-4-5-10-23(20)30(18)16-24-22(11-12-33-24)26(32)27-15-19-7-6-9-21(14-19)28-25(31)17-29(2)3/h4-12,14,18H,13,15-17H2,1-3H3,(H,27,32)(H,28,31). The second kappa shape index (κ2) is 9.92. The Morgan fingerprint density at radius 3 is 2.76 bits per heavy atom. The molecule has 1 atom stereocenters. The van der Waals surface area contributed by atoms with Gasteiger partial charge < -0.3 is 24.9 Å². The monoisotopic (exact) mass is 446 g/mol. The molecule has 1 aliphatic heterocycles. The maximum atomic E-state index is 12.9. The molecule has 172 valence electrons. The summed E-state index contributed by atoms with van der Waals surface area (Å²) in [6, 6.07) is 17.9. The van der Waals surface area contributed by atoms with Crippen LogP contribution in [-0.2, 0) is 24.3 Å². The average Bonchev–Trinajstić information content (AvgIpc) is 3.36. The Morgan fingerprint density at radius 2 is 1.94 bits per heavy atom. The molecule has 0 bridgehead atoms. The Labute approximate surface area is 194 Å². The van der Waals surface area contributed by atoms with Crippen LogP contribution in [0.4, 0.5) is 11.4 Å². The number of benzene rings is 2. The number of amides is 2. The molecule has 0 fully saturated rings. The summed E-state index contributed by atoms with van der Waals surface area (Å²) in [6.45, 7) is 3.39. The Kier molecular flexibility index (Phi) is 6.79. The van der Waals surface area contributed by atoms with Crippen molar-refractivity contribution >= 4 is 23.2 Å². The molecular formula is C26H30N4O3. The molecule has 2 amide bonds. The van der Waals surface area contributed by atoms with Crippen LogP contribution < -0.4 is 15.5 Å². The lowest BCUT2D eigenvalue weighted by Gasteiger charge is -2.24. The molecule has 1 aliphatic rings. The van der Waals surface area contributed by atoms with E-state index in [1.807, 2.05) is 49.3 Å². The van der Waals surface area contributed by atoms with E-state index in [1.54, 1.807) is 12.3 Å². The SMILES string of the molecule is CC1Cc2ccccc2N1Cc1occc1C(=O)NCc1cccc(NC(=O)CN(C)C)c1. The lowest BCUT2D eigenvalue weighted by atomic mass is 10.1. The van der Waals surface area contributed by atoms with Gasteiger partial charge in [-0.1, -0.05) is 30.3 Å². The second-order valence-electron chi connectivity index (χ2n) is 8.74. The quantitative estimate of drug-likeness (QED) is 0.552. The van der Waals surface area contributed by atoms with E-state index >= 15 is 0 Å². The van der Waals surface area contributed by atoms with E-state index in [4.69, 9.17) is 4.42 Å². The summed E-state index contributed by atoms with van der Waals surface area (Å²) in [7, 11) is 3.69. The minimum absolute atomic E-state index is 0.0815. The molecule has 0 saturated heterocycles. The predicted molar refractivity (Wildman–Crippen MR) is 129 cm³/mol. The summed E-state index contributed by atoms with van der Waals surface area (Å²) >= 11 is 0. The highest BCUT2D eigenvalue weighted by atomic mass is 16.3. The van der Waals surface area contributed by atoms with Crippen LogP contribution in [0.5, 0.6) is 0 Å². The van der Waals surface area contributed by atoms with Crippen LogP contribution in [0.15, 0.2) is 65.3 Å². The van der Waals surface area contributed by atoms with Gasteiger partial charge in [0.15, 0.2) is 0 Å². The van der Waals surface area contributed by atoms with Gasteiger partial charge in [-0.15, -0.1) is 0 Å². The second-order valence-corrected chi connectivity index (χ2v) is 8.74. The van der Waals surface area contributed by atoms with Gasteiger partial charge in [-0.2, -0.15) is 0 Å². The molecule has 0 saturated carbocycles. The normalized spacial score (nSPS) is 14.9. The number of rotatable bonds is 8. The van der Waals surface area contributed by atoms with Crippen molar-refractivity contribution < 1.29 is 14.0 Å². The number of nitrogens with one attached hydrogen (secondary N) is 2. The van der Waals surface area contributed by atoms with Crippen molar-refractivity contribution in [3.8, 4) is 0 Å². The van der Waals surface area contributed by atoms with Crippen LogP contribution in [0.1, 0.15) is 34.2 Å². The first kappa shape index (κ1) is 22.6. The lowest BCUT2D eigenvalue weighted by Crippen LogP contribution is -2.30. The molecule has 7 nitrogen and oxygen atoms in total. The van der Waals surface area contributed by atoms with Crippen molar-refractivity contribution in [3.05, 3.63) is 83.3 Å². The van der Waals surface area contributed by atoms with Gasteiger partial charge in [-0.05, 0) is 62.8 Å². The number of hydrogen-bond donors (Lipinski definition) is 2. The molecule has 2 heterocycles. The molecular weight excluding hydrogens is 416 g/mol. The Bertz CT molecular complexity index is 1140. The van der Waals surface area contributed by atoms with Crippen LogP contribution in [0.25, 0.3) is 0 Å². The number of fused-ring (bicyclic) bond motifs is 1. The van der Waals surface area contributed by atoms with Crippen LogP contribution in [0.3, 0.4) is 0 Å². The summed E-state index contributed by atoms with van der Waals surface area (Å²) in [5.74, 6) is 0.392. The lowest BCUT2D eigenvalue weighted by molar-refractivity contribution is -0.116. The summed E-state index contributed by atoms with van der Waals surface area (Å²) in [4.78, 5) is 29.0. The van der Waals surface area contributed by atoms with Gasteiger partial charge in [0.25, 0.3) is 5.91 Å². The molecule has 0 aliphatic carbocycles. The van der Waals surface area contributed by atoms with Crippen molar-refractivity contribution in [2.45, 2.75) is 32.5 Å². The summed E-state index contributed by atoms with van der Waals surface area (Å²) in [5.41, 5.74) is 4.67. The highest BCUT2D eigenvalue weighted by Crippen LogP contribution is 2.33. The van der Waals surface area contributed by atoms with E-state index in [0.717, 1.165) is 12.0 Å². The van der Waals surface area contributed by atoms with Gasteiger partial charge in [0, 0.05) is 24.0 Å². The van der Waals surface area contributed by atoms with E-state index in [2.05, 4.69) is 40.7 Å². The van der Waals surface area contributed by atoms with Crippen molar-refractivity contribution in [3.63, 3.8) is 0 Å². The van der Waals surface area contributed by atoms with Crippen LogP contribution >= 0.6 is 0 Å². The number of furan rings is 1. The maximum Gasteiger partial charge on any atom is 0.255 e. The third-order valence-corrected chi connectivity index (χ3v) is 5.78. The van der Waals surface area contributed by atoms with E-state index < -0.39 is 0 Å². The number of anilines is 2. The van der Waals surface area contributed by atoms with Gasteiger partial charge in [0.2, 0.25) is 5.91 Å². The van der Waals surface area contributed by atoms with Gasteiger partial charge >= 0.3 is 0 Å². The Hall–Kier alpha value is -3.58. The smallest absolute Gasteiger partial charge is 0.255 e. The molecule has 33 heavy (non-hydrogen) atoms. The van der Waals surface area contributed by atoms with E-state index in [0.29, 0.717) is 42.7 Å². The molecule has 7 heteroatoms. The first-order valence-electron chi connectivity index (χ1n) is 11.1. The predicted octanol–water partition coefficient (Wildman–Crippen LogP) is 3.66. The van der Waals surface area contributed by atoms with Crippen molar-refractivity contribution in [2.75, 3.05) is 30.9 Å². The average molecular weight is 447 g/mol. The van der Waals surface area contributed by atoms with Gasteiger partial charge in [-0.3, -0.25) is 9.59 Å². The molecule has 4 rings (SSSR count). The topological polar surface area (TPSA) is 77.8 Å². The Morgan fingerprint density at radius 1 is 1.12 bits per heavy atom. The summed E-state index contributed by atoms with van der Waals surface area (Å²) < 4.78 is 5.70. The fourth-order valence-electron chi connectivity index (χ4n) is 4.21. The maximum absolute atomic E-state index is 12.9. The molecule has 2 aromatic carbocycles. The Balaban J connectivity index is 1.39. The largest absolute Gasteiger partial charge is 0.467 e. The van der Waals surface area contributed by atoms with Crippen molar-refractivity contribution in [2.24, 2.45) is 0 Å². The van der Waals surface area contributed by atoms with Crippen LogP contribution in [0.2, 0.25) is 0 Å². The van der Waals surface area contributed by atoms with Gasteiger partial charge in [-0.25, -0.2) is 0 Å². The van der Waals surface area contributed by atoms with E-state index in [-0.39, 0.29) is 11.8 Å². The molecule has 3 aromatic rings. The fourth-order valence-corrected chi connectivity index (χ4v) is 4.21. The third kappa shape index (κ3) is 5.43. The molecule has 1 unspecified atom stereocenters. The number of carbonyl (C=O) groups is 2. The van der Waals surface area contributed by atoms with Crippen LogP contribution in [-0.4, -0.2) is 43.4 Å². The zero-order chi connectivity index (χ0) is 23.4. The minimum Gasteiger partial charge on any atom is -0.467 e. The first-order valence-corrected chi connectivity index (χ1v) is 11.1. The molecule has 1 aromatic heterocycles. The summed E-state index contributed by atoms with van der Waals surface area (Å²) in [5, 5.41) is 5.85. The third-order valence-electron chi connectivity index (χ3n) is 5.78. The highest BCUT2D eigenvalue weighted by Gasteiger charge is 2.28. The number of hydrogen-bond acceptors (Lipinski definition) is 5. The number of carbonyl (C=O) groups excluding carboxylic acids is 2. The fraction of sp³-hybridized carbons (Fsp3) is 0.308. The molecule has 0 spiro atoms.